The van der Waals surface area contributed by atoms with Crippen LogP contribution in [0.4, 0.5) is 5.82 Å². The average molecular weight is 455 g/mol. The zero-order valence-corrected chi connectivity index (χ0v) is 17.4. The molecule has 0 unspecified atom stereocenters. The molecule has 0 aliphatic rings. The minimum absolute atomic E-state index is 0. The van der Waals surface area contributed by atoms with Crippen LogP contribution in [0.3, 0.4) is 0 Å². The number of aliphatic imine (C=N–C) groups is 1. The molecule has 0 bridgehead atoms. The predicted octanol–water partition coefficient (Wildman–Crippen LogP) is 2.64. The molecule has 7 heteroatoms. The second-order valence-electron chi connectivity index (χ2n) is 5.51. The van der Waals surface area contributed by atoms with E-state index in [1.165, 1.54) is 0 Å². The molecule has 1 aromatic heterocycles. The van der Waals surface area contributed by atoms with E-state index in [9.17, 15) is 0 Å². The Morgan fingerprint density at radius 3 is 2.60 bits per heavy atom. The Balaban J connectivity index is 0.00000312. The molecule has 136 valence electrons. The third-order valence-electron chi connectivity index (χ3n) is 3.56. The molecule has 0 atom stereocenters. The fourth-order valence-corrected chi connectivity index (χ4v) is 2.34. The van der Waals surface area contributed by atoms with E-state index in [0.29, 0.717) is 13.1 Å². The first-order valence-electron chi connectivity index (χ1n) is 7.82. The van der Waals surface area contributed by atoms with Crippen LogP contribution >= 0.6 is 24.0 Å². The molecule has 0 saturated carbocycles. The smallest absolute Gasteiger partial charge is 0.191 e. The highest BCUT2D eigenvalue weighted by atomic mass is 127. The van der Waals surface area contributed by atoms with Crippen LogP contribution in [0.1, 0.15) is 11.1 Å². The number of nitrogens with zero attached hydrogens (tertiary/aromatic N) is 3. The van der Waals surface area contributed by atoms with Crippen LogP contribution in [0.2, 0.25) is 0 Å². The van der Waals surface area contributed by atoms with Crippen molar-refractivity contribution in [3.63, 3.8) is 0 Å². The zero-order valence-electron chi connectivity index (χ0n) is 15.1. The van der Waals surface area contributed by atoms with Crippen molar-refractivity contribution in [1.29, 1.82) is 0 Å². The first-order valence-corrected chi connectivity index (χ1v) is 7.82. The summed E-state index contributed by atoms with van der Waals surface area (Å²) >= 11 is 0. The Labute approximate surface area is 166 Å². The molecular formula is C18H26IN5O. The average Bonchev–Trinajstić information content (AvgIpc) is 2.62. The highest BCUT2D eigenvalue weighted by Gasteiger charge is 2.06. The quantitative estimate of drug-likeness (QED) is 0.399. The van der Waals surface area contributed by atoms with E-state index in [1.807, 2.05) is 49.3 Å². The summed E-state index contributed by atoms with van der Waals surface area (Å²) in [6, 6.07) is 12.0. The molecule has 1 heterocycles. The number of methoxy groups -OCH3 is 1. The van der Waals surface area contributed by atoms with Gasteiger partial charge in [-0.05, 0) is 23.8 Å². The van der Waals surface area contributed by atoms with Gasteiger partial charge in [-0.25, -0.2) is 4.98 Å². The van der Waals surface area contributed by atoms with Crippen molar-refractivity contribution in [1.82, 2.24) is 15.6 Å². The summed E-state index contributed by atoms with van der Waals surface area (Å²) in [7, 11) is 7.41. The number of guanidine groups is 1. The van der Waals surface area contributed by atoms with Gasteiger partial charge in [0.25, 0.3) is 0 Å². The Morgan fingerprint density at radius 1 is 1.16 bits per heavy atom. The SMILES string of the molecule is CN=C(NCc1cccc(OC)c1)NCc1cccnc1N(C)C.I. The lowest BCUT2D eigenvalue weighted by molar-refractivity contribution is 0.414. The molecule has 2 N–H and O–H groups in total. The molecule has 0 aliphatic carbocycles. The Bertz CT molecular complexity index is 691. The maximum atomic E-state index is 5.24. The number of nitrogens with one attached hydrogen (secondary N) is 2. The molecule has 0 amide bonds. The lowest BCUT2D eigenvalue weighted by Gasteiger charge is -2.17. The number of ether oxygens (including phenoxy) is 1. The third-order valence-corrected chi connectivity index (χ3v) is 3.56. The van der Waals surface area contributed by atoms with Gasteiger partial charge < -0.3 is 20.3 Å². The number of benzene rings is 1. The number of halogens is 1. The number of pyridine rings is 1. The largest absolute Gasteiger partial charge is 0.497 e. The molecule has 6 nitrogen and oxygen atoms in total. The van der Waals surface area contributed by atoms with Crippen LogP contribution in [0.25, 0.3) is 0 Å². The molecule has 0 saturated heterocycles. The van der Waals surface area contributed by atoms with E-state index in [0.717, 1.165) is 28.7 Å². The fourth-order valence-electron chi connectivity index (χ4n) is 2.34. The summed E-state index contributed by atoms with van der Waals surface area (Å²) in [5.74, 6) is 2.54. The van der Waals surface area contributed by atoms with E-state index in [4.69, 9.17) is 4.74 Å². The molecule has 25 heavy (non-hydrogen) atoms. The molecule has 0 aliphatic heterocycles. The second-order valence-corrected chi connectivity index (χ2v) is 5.51. The van der Waals surface area contributed by atoms with Crippen LogP contribution in [0.15, 0.2) is 47.6 Å². The minimum Gasteiger partial charge on any atom is -0.497 e. The first-order chi connectivity index (χ1) is 11.6. The number of aromatic nitrogens is 1. The van der Waals surface area contributed by atoms with Crippen molar-refractivity contribution >= 4 is 35.8 Å². The van der Waals surface area contributed by atoms with Crippen molar-refractivity contribution in [2.75, 3.05) is 33.2 Å². The standard InChI is InChI=1S/C18H25N5O.HI/c1-19-18(21-12-14-7-5-9-16(11-14)24-4)22-13-15-8-6-10-20-17(15)23(2)3;/h5-11H,12-13H2,1-4H3,(H2,19,21,22);1H. The molecule has 0 radical (unpaired) electrons. The topological polar surface area (TPSA) is 61.8 Å². The van der Waals surface area contributed by atoms with Crippen LogP contribution < -0.4 is 20.3 Å². The van der Waals surface area contributed by atoms with E-state index in [-0.39, 0.29) is 24.0 Å². The number of rotatable bonds is 6. The van der Waals surface area contributed by atoms with Crippen molar-refractivity contribution < 1.29 is 4.74 Å². The molecule has 1 aromatic carbocycles. The van der Waals surface area contributed by atoms with Gasteiger partial charge in [-0.15, -0.1) is 24.0 Å². The van der Waals surface area contributed by atoms with Gasteiger partial charge >= 0.3 is 0 Å². The van der Waals surface area contributed by atoms with E-state index >= 15 is 0 Å². The number of hydrogen-bond donors (Lipinski definition) is 2. The van der Waals surface area contributed by atoms with Gasteiger partial charge in [-0.2, -0.15) is 0 Å². The minimum atomic E-state index is 0. The summed E-state index contributed by atoms with van der Waals surface area (Å²) in [6.07, 6.45) is 1.80. The van der Waals surface area contributed by atoms with Crippen molar-refractivity contribution in [3.05, 3.63) is 53.7 Å². The van der Waals surface area contributed by atoms with Crippen molar-refractivity contribution in [3.8, 4) is 5.75 Å². The number of anilines is 1. The van der Waals surface area contributed by atoms with Gasteiger partial charge in [0, 0.05) is 46.0 Å². The Morgan fingerprint density at radius 2 is 1.92 bits per heavy atom. The van der Waals surface area contributed by atoms with Crippen LogP contribution in [-0.2, 0) is 13.1 Å². The molecular weight excluding hydrogens is 429 g/mol. The second kappa shape index (κ2) is 10.8. The van der Waals surface area contributed by atoms with Gasteiger partial charge in [-0.3, -0.25) is 4.99 Å². The summed E-state index contributed by atoms with van der Waals surface area (Å²) in [5.41, 5.74) is 2.25. The fraction of sp³-hybridized carbons (Fsp3) is 0.333. The molecule has 0 spiro atoms. The summed E-state index contributed by atoms with van der Waals surface area (Å²) in [4.78, 5) is 10.7. The van der Waals surface area contributed by atoms with Crippen molar-refractivity contribution in [2.45, 2.75) is 13.1 Å². The van der Waals surface area contributed by atoms with E-state index in [2.05, 4.69) is 26.7 Å². The highest BCUT2D eigenvalue weighted by molar-refractivity contribution is 14.0. The van der Waals surface area contributed by atoms with Gasteiger partial charge in [0.15, 0.2) is 5.96 Å². The summed E-state index contributed by atoms with van der Waals surface area (Å²) < 4.78 is 5.24. The maximum Gasteiger partial charge on any atom is 0.191 e. The van der Waals surface area contributed by atoms with Gasteiger partial charge in [0.2, 0.25) is 0 Å². The van der Waals surface area contributed by atoms with Crippen molar-refractivity contribution in [2.24, 2.45) is 4.99 Å². The maximum absolute atomic E-state index is 5.24. The van der Waals surface area contributed by atoms with Crippen LogP contribution in [0.5, 0.6) is 5.75 Å². The lowest BCUT2D eigenvalue weighted by atomic mass is 10.2. The Hall–Kier alpha value is -2.03. The molecule has 2 rings (SSSR count). The zero-order chi connectivity index (χ0) is 17.4. The Kier molecular flexibility index (Phi) is 9.04. The molecule has 2 aromatic rings. The molecule has 0 fully saturated rings. The summed E-state index contributed by atoms with van der Waals surface area (Å²) in [6.45, 7) is 1.32. The predicted molar refractivity (Wildman–Crippen MR) is 114 cm³/mol. The van der Waals surface area contributed by atoms with Gasteiger partial charge in [0.05, 0.1) is 7.11 Å². The van der Waals surface area contributed by atoms with Gasteiger partial charge in [0.1, 0.15) is 11.6 Å². The third kappa shape index (κ3) is 6.41. The first kappa shape index (κ1) is 21.0. The highest BCUT2D eigenvalue weighted by Crippen LogP contribution is 2.14. The van der Waals surface area contributed by atoms with E-state index < -0.39 is 0 Å². The van der Waals surface area contributed by atoms with E-state index in [1.54, 1.807) is 20.4 Å². The van der Waals surface area contributed by atoms with Gasteiger partial charge in [-0.1, -0.05) is 18.2 Å². The summed E-state index contributed by atoms with van der Waals surface area (Å²) in [5, 5.41) is 6.63. The lowest BCUT2D eigenvalue weighted by Crippen LogP contribution is -2.36. The number of hydrogen-bond acceptors (Lipinski definition) is 4. The van der Waals surface area contributed by atoms with Crippen LogP contribution in [0, 0.1) is 0 Å². The monoisotopic (exact) mass is 455 g/mol. The van der Waals surface area contributed by atoms with Crippen LogP contribution in [-0.4, -0.2) is 39.2 Å². The normalized spacial score (nSPS) is 10.6.